The van der Waals surface area contributed by atoms with Crippen LogP contribution in [-0.4, -0.2) is 16.5 Å². The fourth-order valence-corrected chi connectivity index (χ4v) is 1.30. The van der Waals surface area contributed by atoms with Crippen molar-refractivity contribution < 1.29 is 13.6 Å². The number of Topliss-reactive ketones (excluding diaryl/α,β-unsaturated/α-hetero) is 1. The van der Waals surface area contributed by atoms with Crippen molar-refractivity contribution in [2.24, 2.45) is 0 Å². The monoisotopic (exact) mass is 282 g/mol. The first-order valence-corrected chi connectivity index (χ1v) is 5.20. The van der Waals surface area contributed by atoms with Gasteiger partial charge in [-0.1, -0.05) is 15.9 Å². The van der Waals surface area contributed by atoms with Crippen LogP contribution in [0.4, 0.5) is 8.78 Å². The van der Waals surface area contributed by atoms with Gasteiger partial charge in [-0.15, -0.1) is 11.6 Å². The van der Waals surface area contributed by atoms with Gasteiger partial charge in [0, 0.05) is 11.4 Å². The molecule has 1 unspecified atom stereocenters. The van der Waals surface area contributed by atoms with Gasteiger partial charge in [-0.3, -0.25) is 4.79 Å². The molecule has 0 aromatic heterocycles. The fourth-order valence-electron chi connectivity index (χ4n) is 0.900. The molecule has 1 aromatic carbocycles. The molecule has 0 amide bonds. The van der Waals surface area contributed by atoms with E-state index < -0.39 is 16.5 Å². The molecule has 0 radical (unpaired) electrons. The first-order valence-electron chi connectivity index (χ1n) is 3.75. The van der Waals surface area contributed by atoms with E-state index in [0.29, 0.717) is 0 Å². The maximum Gasteiger partial charge on any atom is 0.177 e. The third-order valence-corrected chi connectivity index (χ3v) is 3.05. The molecule has 0 N–H and O–H groups in total. The van der Waals surface area contributed by atoms with Crippen LogP contribution >= 0.6 is 27.5 Å². The van der Waals surface area contributed by atoms with E-state index in [0.717, 1.165) is 12.1 Å². The Morgan fingerprint density at radius 2 is 2.07 bits per heavy atom. The molecule has 0 fully saturated rings. The summed E-state index contributed by atoms with van der Waals surface area (Å²) in [6.07, 6.45) is 0. The quantitative estimate of drug-likeness (QED) is 0.615. The second kappa shape index (κ2) is 4.84. The van der Waals surface area contributed by atoms with E-state index in [1.807, 2.05) is 0 Å². The van der Waals surface area contributed by atoms with Crippen LogP contribution in [0.2, 0.25) is 0 Å². The van der Waals surface area contributed by atoms with Gasteiger partial charge in [0.25, 0.3) is 0 Å². The van der Waals surface area contributed by atoms with E-state index in [9.17, 15) is 13.6 Å². The summed E-state index contributed by atoms with van der Waals surface area (Å²) in [6, 6.07) is 3.00. The van der Waals surface area contributed by atoms with Crippen molar-refractivity contribution >= 4 is 33.3 Å². The van der Waals surface area contributed by atoms with Crippen LogP contribution in [0.3, 0.4) is 0 Å². The third-order valence-electron chi connectivity index (χ3n) is 1.62. The molecule has 0 aliphatic rings. The van der Waals surface area contributed by atoms with E-state index in [2.05, 4.69) is 15.9 Å². The number of benzene rings is 1. The van der Waals surface area contributed by atoms with Crippen LogP contribution < -0.4 is 0 Å². The minimum Gasteiger partial charge on any atom is -0.293 e. The zero-order chi connectivity index (χ0) is 10.7. The molecule has 76 valence electrons. The highest BCUT2D eigenvalue weighted by molar-refractivity contribution is 9.10. The van der Waals surface area contributed by atoms with Gasteiger partial charge in [0.2, 0.25) is 0 Å². The highest BCUT2D eigenvalue weighted by Crippen LogP contribution is 2.14. The van der Waals surface area contributed by atoms with Crippen molar-refractivity contribution in [1.29, 1.82) is 0 Å². The maximum absolute atomic E-state index is 12.7. The lowest BCUT2D eigenvalue weighted by Crippen LogP contribution is -2.15. The number of halogens is 4. The molecule has 0 aliphatic heterocycles. The second-order valence-electron chi connectivity index (χ2n) is 2.61. The minimum absolute atomic E-state index is 0.0812. The van der Waals surface area contributed by atoms with Gasteiger partial charge in [-0.2, -0.15) is 0 Å². The smallest absolute Gasteiger partial charge is 0.177 e. The van der Waals surface area contributed by atoms with E-state index in [1.165, 1.54) is 6.07 Å². The molecule has 5 heteroatoms. The fraction of sp³-hybridized carbons (Fsp3) is 0.222. The number of carbonyl (C=O) groups excluding carboxylic acids is 1. The summed E-state index contributed by atoms with van der Waals surface area (Å²) < 4.78 is 25.3. The standard InChI is InChI=1S/C9H6BrClF2O/c10-6(4-11)9(14)5-1-2-7(12)8(13)3-5/h1-3,6H,4H2. The van der Waals surface area contributed by atoms with Crippen LogP contribution in [0.5, 0.6) is 0 Å². The Bertz CT molecular complexity index is 357. The highest BCUT2D eigenvalue weighted by Gasteiger charge is 2.17. The van der Waals surface area contributed by atoms with Gasteiger partial charge >= 0.3 is 0 Å². The molecule has 1 aromatic rings. The van der Waals surface area contributed by atoms with Crippen LogP contribution in [-0.2, 0) is 0 Å². The summed E-state index contributed by atoms with van der Waals surface area (Å²) in [6.45, 7) is 0. The van der Waals surface area contributed by atoms with Gasteiger partial charge in [-0.25, -0.2) is 8.78 Å². The van der Waals surface area contributed by atoms with Gasteiger partial charge in [0.1, 0.15) is 0 Å². The summed E-state index contributed by atoms with van der Waals surface area (Å²) in [7, 11) is 0. The van der Waals surface area contributed by atoms with Gasteiger partial charge in [-0.05, 0) is 18.2 Å². The minimum atomic E-state index is -1.04. The average Bonchev–Trinajstić information content (AvgIpc) is 2.20. The van der Waals surface area contributed by atoms with Crippen molar-refractivity contribution in [3.05, 3.63) is 35.4 Å². The zero-order valence-corrected chi connectivity index (χ0v) is 9.28. The summed E-state index contributed by atoms with van der Waals surface area (Å²) in [5, 5.41) is 0. The lowest BCUT2D eigenvalue weighted by molar-refractivity contribution is 0.0996. The maximum atomic E-state index is 12.7. The van der Waals surface area contributed by atoms with Crippen LogP contribution in [0.15, 0.2) is 18.2 Å². The second-order valence-corrected chi connectivity index (χ2v) is 4.03. The number of hydrogen-bond donors (Lipinski definition) is 0. The lowest BCUT2D eigenvalue weighted by Gasteiger charge is -2.04. The van der Waals surface area contributed by atoms with Crippen molar-refractivity contribution in [3.63, 3.8) is 0 Å². The highest BCUT2D eigenvalue weighted by atomic mass is 79.9. The number of hydrogen-bond acceptors (Lipinski definition) is 1. The number of rotatable bonds is 3. The lowest BCUT2D eigenvalue weighted by atomic mass is 10.1. The van der Waals surface area contributed by atoms with E-state index in [1.54, 1.807) is 0 Å². The number of alkyl halides is 2. The van der Waals surface area contributed by atoms with Gasteiger partial charge in [0.15, 0.2) is 17.4 Å². The zero-order valence-electron chi connectivity index (χ0n) is 6.94. The van der Waals surface area contributed by atoms with Crippen LogP contribution in [0, 0.1) is 11.6 Å². The average molecular weight is 283 g/mol. The molecule has 0 heterocycles. The molecule has 0 spiro atoms. The Labute approximate surface area is 93.2 Å². The first kappa shape index (κ1) is 11.6. The SMILES string of the molecule is O=C(c1ccc(F)c(F)c1)C(Br)CCl. The summed E-state index contributed by atoms with van der Waals surface area (Å²) in [4.78, 5) is 10.8. The Morgan fingerprint density at radius 1 is 1.43 bits per heavy atom. The van der Waals surface area contributed by atoms with Gasteiger partial charge in [0.05, 0.1) is 4.83 Å². The van der Waals surface area contributed by atoms with E-state index >= 15 is 0 Å². The van der Waals surface area contributed by atoms with E-state index in [-0.39, 0.29) is 17.2 Å². The molecule has 0 saturated carbocycles. The Hall–Kier alpha value is -0.480. The Kier molecular flexibility index (Phi) is 4.01. The van der Waals surface area contributed by atoms with Crippen molar-refractivity contribution in [3.8, 4) is 0 Å². The predicted octanol–water partition coefficient (Wildman–Crippen LogP) is 3.15. The van der Waals surface area contributed by atoms with Crippen molar-refractivity contribution in [2.75, 3.05) is 5.88 Å². The van der Waals surface area contributed by atoms with Crippen LogP contribution in [0.25, 0.3) is 0 Å². The molecule has 0 aliphatic carbocycles. The molecule has 1 rings (SSSR count). The Balaban J connectivity index is 2.97. The molecule has 1 atom stereocenters. The van der Waals surface area contributed by atoms with Crippen molar-refractivity contribution in [1.82, 2.24) is 0 Å². The number of ketones is 1. The topological polar surface area (TPSA) is 17.1 Å². The molecular formula is C9H6BrClF2O. The largest absolute Gasteiger partial charge is 0.293 e. The summed E-state index contributed by atoms with van der Waals surface area (Å²) in [5.41, 5.74) is 0.103. The summed E-state index contributed by atoms with van der Waals surface area (Å²) >= 11 is 8.46. The van der Waals surface area contributed by atoms with Gasteiger partial charge < -0.3 is 0 Å². The molecular weight excluding hydrogens is 277 g/mol. The molecule has 0 saturated heterocycles. The molecule has 1 nitrogen and oxygen atoms in total. The predicted molar refractivity (Wildman–Crippen MR) is 54.1 cm³/mol. The molecule has 14 heavy (non-hydrogen) atoms. The van der Waals surface area contributed by atoms with Crippen molar-refractivity contribution in [2.45, 2.75) is 4.83 Å². The molecule has 0 bridgehead atoms. The normalized spacial score (nSPS) is 12.6. The van der Waals surface area contributed by atoms with Crippen LogP contribution in [0.1, 0.15) is 10.4 Å². The van der Waals surface area contributed by atoms with E-state index in [4.69, 9.17) is 11.6 Å². The first-order chi connectivity index (χ1) is 6.56. The number of carbonyl (C=O) groups is 1. The third kappa shape index (κ3) is 2.51. The Morgan fingerprint density at radius 3 is 2.57 bits per heavy atom. The summed E-state index contributed by atoms with van der Waals surface area (Å²) in [5.74, 6) is -2.29.